The Labute approximate surface area is 180 Å². The Morgan fingerprint density at radius 3 is 2.60 bits per heavy atom. The summed E-state index contributed by atoms with van der Waals surface area (Å²) in [7, 11) is 0. The molecular weight excluding hydrogens is 400 g/mol. The molecule has 2 aromatic heterocycles. The van der Waals surface area contributed by atoms with E-state index in [0.717, 1.165) is 16.0 Å². The summed E-state index contributed by atoms with van der Waals surface area (Å²) in [4.78, 5) is 44.2. The number of amides is 3. The van der Waals surface area contributed by atoms with Crippen molar-refractivity contribution >= 4 is 34.1 Å². The number of carbonyl (C=O) groups excluding carboxylic acids is 3. The van der Waals surface area contributed by atoms with E-state index in [1.807, 2.05) is 26.0 Å². The number of carbonyl (C=O) groups is 3. The van der Waals surface area contributed by atoms with Crippen molar-refractivity contribution in [2.45, 2.75) is 46.6 Å². The molecule has 0 atom stereocenters. The van der Waals surface area contributed by atoms with Crippen LogP contribution in [0.3, 0.4) is 0 Å². The topological polar surface area (TPSA) is 91.4 Å². The van der Waals surface area contributed by atoms with Crippen LogP contribution < -0.4 is 10.6 Å². The minimum absolute atomic E-state index is 0.0444. The molecule has 3 heterocycles. The third-order valence-corrected chi connectivity index (χ3v) is 6.58. The lowest BCUT2D eigenvalue weighted by Crippen LogP contribution is -2.40. The van der Waals surface area contributed by atoms with Crippen molar-refractivity contribution in [2.24, 2.45) is 5.92 Å². The number of nitrogens with one attached hydrogen (secondary N) is 2. The zero-order chi connectivity index (χ0) is 21.7. The first kappa shape index (κ1) is 22.0. The van der Waals surface area contributed by atoms with E-state index in [2.05, 4.69) is 15.6 Å². The molecule has 160 valence electrons. The van der Waals surface area contributed by atoms with Crippen molar-refractivity contribution in [1.29, 1.82) is 0 Å². The van der Waals surface area contributed by atoms with Crippen molar-refractivity contribution in [3.8, 4) is 0 Å². The summed E-state index contributed by atoms with van der Waals surface area (Å²) in [6.07, 6.45) is 5.40. The number of thiophene rings is 1. The Kier molecular flexibility index (Phi) is 7.20. The van der Waals surface area contributed by atoms with Crippen LogP contribution in [0.25, 0.3) is 0 Å². The number of piperidine rings is 1. The molecule has 1 saturated heterocycles. The predicted octanol–water partition coefficient (Wildman–Crippen LogP) is 3.14. The first-order valence-corrected chi connectivity index (χ1v) is 11.1. The van der Waals surface area contributed by atoms with Crippen LogP contribution in [-0.4, -0.2) is 40.7 Å². The van der Waals surface area contributed by atoms with E-state index in [-0.39, 0.29) is 23.6 Å². The van der Waals surface area contributed by atoms with E-state index in [4.69, 9.17) is 0 Å². The van der Waals surface area contributed by atoms with Crippen molar-refractivity contribution < 1.29 is 14.4 Å². The average molecular weight is 429 g/mol. The van der Waals surface area contributed by atoms with Crippen molar-refractivity contribution in [3.05, 3.63) is 46.1 Å². The van der Waals surface area contributed by atoms with Gasteiger partial charge in [0.1, 0.15) is 5.00 Å². The van der Waals surface area contributed by atoms with Gasteiger partial charge in [0, 0.05) is 49.7 Å². The number of nitrogens with zero attached hydrogens (tertiary/aromatic N) is 2. The fraction of sp³-hybridized carbons (Fsp3) is 0.455. The monoisotopic (exact) mass is 428 g/mol. The minimum Gasteiger partial charge on any atom is -0.348 e. The van der Waals surface area contributed by atoms with Gasteiger partial charge >= 0.3 is 0 Å². The van der Waals surface area contributed by atoms with Gasteiger partial charge in [-0.2, -0.15) is 0 Å². The molecule has 0 bridgehead atoms. The van der Waals surface area contributed by atoms with Gasteiger partial charge in [0.25, 0.3) is 5.91 Å². The molecule has 0 aliphatic carbocycles. The maximum Gasteiger partial charge on any atom is 0.254 e. The SMILES string of the molecule is CCc1c(C)sc(NC(=O)C2CCN(C(C)=O)CC2)c1C(=O)NCc1cccnc1. The van der Waals surface area contributed by atoms with Gasteiger partial charge in [-0.05, 0) is 43.4 Å². The van der Waals surface area contributed by atoms with Crippen LogP contribution in [0.15, 0.2) is 24.5 Å². The van der Waals surface area contributed by atoms with Gasteiger partial charge in [-0.1, -0.05) is 13.0 Å². The second kappa shape index (κ2) is 9.84. The molecule has 3 amide bonds. The van der Waals surface area contributed by atoms with Crippen LogP contribution in [0, 0.1) is 12.8 Å². The Bertz CT molecular complexity index is 918. The fourth-order valence-electron chi connectivity index (χ4n) is 3.78. The van der Waals surface area contributed by atoms with Crippen LogP contribution in [0.2, 0.25) is 0 Å². The maximum absolute atomic E-state index is 13.0. The molecule has 0 spiro atoms. The summed E-state index contributed by atoms with van der Waals surface area (Å²) in [5.41, 5.74) is 2.43. The van der Waals surface area contributed by atoms with Crippen molar-refractivity contribution in [3.63, 3.8) is 0 Å². The highest BCUT2D eigenvalue weighted by atomic mass is 32.1. The molecule has 1 fully saturated rings. The van der Waals surface area contributed by atoms with Gasteiger partial charge in [0.15, 0.2) is 0 Å². The van der Waals surface area contributed by atoms with Crippen LogP contribution in [0.4, 0.5) is 5.00 Å². The van der Waals surface area contributed by atoms with Gasteiger partial charge in [-0.25, -0.2) is 0 Å². The third-order valence-electron chi connectivity index (χ3n) is 5.51. The lowest BCUT2D eigenvalue weighted by Gasteiger charge is -2.30. The van der Waals surface area contributed by atoms with E-state index in [1.165, 1.54) is 11.3 Å². The fourth-order valence-corrected chi connectivity index (χ4v) is 4.92. The quantitative estimate of drug-likeness (QED) is 0.739. The zero-order valence-electron chi connectivity index (χ0n) is 17.7. The van der Waals surface area contributed by atoms with Gasteiger partial charge < -0.3 is 15.5 Å². The van der Waals surface area contributed by atoms with Crippen LogP contribution in [-0.2, 0) is 22.6 Å². The molecular formula is C22H28N4O3S. The molecule has 0 unspecified atom stereocenters. The number of aryl methyl sites for hydroxylation is 1. The van der Waals surface area contributed by atoms with Gasteiger partial charge in [0.05, 0.1) is 5.56 Å². The summed E-state index contributed by atoms with van der Waals surface area (Å²) < 4.78 is 0. The number of hydrogen-bond acceptors (Lipinski definition) is 5. The molecule has 0 saturated carbocycles. The molecule has 1 aliphatic rings. The number of anilines is 1. The number of rotatable bonds is 6. The molecule has 7 nitrogen and oxygen atoms in total. The van der Waals surface area contributed by atoms with E-state index in [1.54, 1.807) is 24.2 Å². The Morgan fingerprint density at radius 2 is 2.00 bits per heavy atom. The highest BCUT2D eigenvalue weighted by Gasteiger charge is 2.28. The summed E-state index contributed by atoms with van der Waals surface area (Å²) >= 11 is 1.44. The lowest BCUT2D eigenvalue weighted by atomic mass is 9.96. The second-order valence-electron chi connectivity index (χ2n) is 7.51. The smallest absolute Gasteiger partial charge is 0.254 e. The van der Waals surface area contributed by atoms with Crippen LogP contribution in [0.5, 0.6) is 0 Å². The molecule has 1 aliphatic heterocycles. The lowest BCUT2D eigenvalue weighted by molar-refractivity contribution is -0.132. The van der Waals surface area contributed by atoms with Crippen LogP contribution in [0.1, 0.15) is 53.1 Å². The number of hydrogen-bond donors (Lipinski definition) is 2. The molecule has 0 radical (unpaired) electrons. The van der Waals surface area contributed by atoms with Gasteiger partial charge in [-0.3, -0.25) is 19.4 Å². The number of likely N-dealkylation sites (tertiary alicyclic amines) is 1. The largest absolute Gasteiger partial charge is 0.348 e. The highest BCUT2D eigenvalue weighted by molar-refractivity contribution is 7.16. The maximum atomic E-state index is 13.0. The molecule has 8 heteroatoms. The van der Waals surface area contributed by atoms with E-state index < -0.39 is 0 Å². The highest BCUT2D eigenvalue weighted by Crippen LogP contribution is 2.34. The normalized spacial score (nSPS) is 14.4. The summed E-state index contributed by atoms with van der Waals surface area (Å²) in [5, 5.41) is 6.55. The predicted molar refractivity (Wildman–Crippen MR) is 117 cm³/mol. The first-order valence-electron chi connectivity index (χ1n) is 10.3. The summed E-state index contributed by atoms with van der Waals surface area (Å²) in [6, 6.07) is 3.74. The molecule has 0 aromatic carbocycles. The third kappa shape index (κ3) is 5.05. The van der Waals surface area contributed by atoms with Crippen molar-refractivity contribution in [2.75, 3.05) is 18.4 Å². The van der Waals surface area contributed by atoms with E-state index >= 15 is 0 Å². The molecule has 2 N–H and O–H groups in total. The van der Waals surface area contributed by atoms with Crippen LogP contribution >= 0.6 is 11.3 Å². The standard InChI is InChI=1S/C22H28N4O3S/c1-4-18-14(2)30-22(19(18)21(29)24-13-16-6-5-9-23-12-16)25-20(28)17-7-10-26(11-8-17)15(3)27/h5-6,9,12,17H,4,7-8,10-11,13H2,1-3H3,(H,24,29)(H,25,28). The second-order valence-corrected chi connectivity index (χ2v) is 8.73. The van der Waals surface area contributed by atoms with E-state index in [9.17, 15) is 14.4 Å². The number of aromatic nitrogens is 1. The van der Waals surface area contributed by atoms with Crippen molar-refractivity contribution in [1.82, 2.24) is 15.2 Å². The summed E-state index contributed by atoms with van der Waals surface area (Å²) in [6.45, 7) is 7.10. The van der Waals surface area contributed by atoms with Gasteiger partial charge in [0.2, 0.25) is 11.8 Å². The minimum atomic E-state index is -0.193. The van der Waals surface area contributed by atoms with E-state index in [0.29, 0.717) is 49.5 Å². The summed E-state index contributed by atoms with van der Waals surface area (Å²) in [5.74, 6) is -0.382. The molecule has 3 rings (SSSR count). The Balaban J connectivity index is 1.71. The Morgan fingerprint density at radius 1 is 1.27 bits per heavy atom. The number of pyridine rings is 1. The Hall–Kier alpha value is -2.74. The average Bonchev–Trinajstić information content (AvgIpc) is 3.07. The molecule has 30 heavy (non-hydrogen) atoms. The first-order chi connectivity index (χ1) is 14.4. The molecule has 2 aromatic rings. The zero-order valence-corrected chi connectivity index (χ0v) is 18.5. The van der Waals surface area contributed by atoms with Gasteiger partial charge in [-0.15, -0.1) is 11.3 Å².